The average Bonchev–Trinajstić information content (AvgIpc) is 3.48. The van der Waals surface area contributed by atoms with Crippen molar-refractivity contribution in [2.24, 2.45) is 5.92 Å². The maximum absolute atomic E-state index is 15.0. The summed E-state index contributed by atoms with van der Waals surface area (Å²) in [5, 5.41) is 15.7. The van der Waals surface area contributed by atoms with E-state index in [1.807, 2.05) is 19.9 Å². The number of benzene rings is 2. The van der Waals surface area contributed by atoms with Gasteiger partial charge in [0.2, 0.25) is 5.91 Å². The molecule has 6 nitrogen and oxygen atoms in total. The summed E-state index contributed by atoms with van der Waals surface area (Å²) in [6, 6.07) is 11.6. The molecule has 1 saturated carbocycles. The zero-order valence-electron chi connectivity index (χ0n) is 18.7. The highest BCUT2D eigenvalue weighted by Gasteiger charge is 2.43. The SMILES string of the molecule is CC1(C)OC(=O)c2ccc(-c3ccc(C[C@@H](C#N)NC(=O)C4NC5CCC4C5)c(F)c3)cc21. The molecule has 4 atom stereocenters. The second-order valence-corrected chi connectivity index (χ2v) is 9.78. The molecular weight excluding hydrogens is 421 g/mol. The molecule has 2 bridgehead atoms. The van der Waals surface area contributed by atoms with Crippen LogP contribution in [0.5, 0.6) is 0 Å². The van der Waals surface area contributed by atoms with Gasteiger partial charge in [0.1, 0.15) is 17.5 Å². The number of hydrogen-bond acceptors (Lipinski definition) is 5. The van der Waals surface area contributed by atoms with Crippen LogP contribution in [0.15, 0.2) is 36.4 Å². The highest BCUT2D eigenvalue weighted by Crippen LogP contribution is 2.38. The third-order valence-electron chi connectivity index (χ3n) is 7.16. The smallest absolute Gasteiger partial charge is 0.339 e. The molecule has 7 heteroatoms. The van der Waals surface area contributed by atoms with Crippen LogP contribution in [0.1, 0.15) is 54.6 Å². The number of ether oxygens (including phenoxy) is 1. The second kappa shape index (κ2) is 7.96. The number of piperidine rings is 1. The van der Waals surface area contributed by atoms with E-state index in [0.29, 0.717) is 28.7 Å². The summed E-state index contributed by atoms with van der Waals surface area (Å²) in [5.74, 6) is -0.646. The lowest BCUT2D eigenvalue weighted by atomic mass is 9.91. The predicted octanol–water partition coefficient (Wildman–Crippen LogP) is 3.59. The molecule has 1 aliphatic carbocycles. The highest BCUT2D eigenvalue weighted by atomic mass is 19.1. The van der Waals surface area contributed by atoms with Crippen LogP contribution < -0.4 is 10.6 Å². The van der Waals surface area contributed by atoms with E-state index >= 15 is 0 Å². The lowest BCUT2D eigenvalue weighted by Gasteiger charge is -2.23. The molecule has 2 fully saturated rings. The van der Waals surface area contributed by atoms with Crippen molar-refractivity contribution in [2.75, 3.05) is 0 Å². The van der Waals surface area contributed by atoms with Crippen molar-refractivity contribution in [3.8, 4) is 17.2 Å². The minimum atomic E-state index is -0.803. The van der Waals surface area contributed by atoms with Crippen LogP contribution in [0, 0.1) is 23.1 Å². The summed E-state index contributed by atoms with van der Waals surface area (Å²) < 4.78 is 20.4. The number of nitrogens with one attached hydrogen (secondary N) is 2. The molecule has 2 N–H and O–H groups in total. The van der Waals surface area contributed by atoms with Gasteiger partial charge in [-0.05, 0) is 73.9 Å². The van der Waals surface area contributed by atoms with Crippen LogP contribution in [0.4, 0.5) is 4.39 Å². The van der Waals surface area contributed by atoms with Crippen LogP contribution in [-0.2, 0) is 21.6 Å². The molecule has 33 heavy (non-hydrogen) atoms. The third kappa shape index (κ3) is 3.89. The molecule has 2 heterocycles. The minimum Gasteiger partial charge on any atom is -0.451 e. The van der Waals surface area contributed by atoms with Gasteiger partial charge in [0.25, 0.3) is 0 Å². The Morgan fingerprint density at radius 2 is 2.03 bits per heavy atom. The van der Waals surface area contributed by atoms with Gasteiger partial charge in [-0.1, -0.05) is 18.2 Å². The Balaban J connectivity index is 1.30. The number of nitrogens with zero attached hydrogens (tertiary/aromatic N) is 1. The number of nitriles is 1. The molecule has 0 radical (unpaired) electrons. The van der Waals surface area contributed by atoms with Crippen molar-refractivity contribution in [3.63, 3.8) is 0 Å². The zero-order valence-corrected chi connectivity index (χ0v) is 18.7. The second-order valence-electron chi connectivity index (χ2n) is 9.78. The maximum Gasteiger partial charge on any atom is 0.339 e. The number of carbonyl (C=O) groups is 2. The fourth-order valence-electron chi connectivity index (χ4n) is 5.39. The fraction of sp³-hybridized carbons (Fsp3) is 0.423. The number of hydrogen-bond donors (Lipinski definition) is 2. The average molecular weight is 448 g/mol. The number of cyclic esters (lactones) is 1. The topological polar surface area (TPSA) is 91.2 Å². The van der Waals surface area contributed by atoms with Gasteiger partial charge in [-0.3, -0.25) is 4.79 Å². The molecule has 5 rings (SSSR count). The first-order valence-corrected chi connectivity index (χ1v) is 11.4. The van der Waals surface area contributed by atoms with Gasteiger partial charge < -0.3 is 15.4 Å². The van der Waals surface area contributed by atoms with Crippen LogP contribution in [-0.4, -0.2) is 30.0 Å². The molecule has 3 aliphatic rings. The molecule has 0 spiro atoms. The first-order chi connectivity index (χ1) is 15.7. The van der Waals surface area contributed by atoms with E-state index in [1.54, 1.807) is 24.3 Å². The van der Waals surface area contributed by atoms with E-state index in [4.69, 9.17) is 4.74 Å². The molecule has 3 unspecified atom stereocenters. The number of fused-ring (bicyclic) bond motifs is 3. The molecule has 170 valence electrons. The van der Waals surface area contributed by atoms with Gasteiger partial charge >= 0.3 is 5.97 Å². The van der Waals surface area contributed by atoms with Crippen LogP contribution in [0.2, 0.25) is 0 Å². The van der Waals surface area contributed by atoms with E-state index in [-0.39, 0.29) is 24.3 Å². The lowest BCUT2D eigenvalue weighted by Crippen LogP contribution is -2.50. The van der Waals surface area contributed by atoms with E-state index in [2.05, 4.69) is 16.7 Å². The lowest BCUT2D eigenvalue weighted by molar-refractivity contribution is -0.124. The number of amides is 1. The molecule has 1 saturated heterocycles. The summed E-state index contributed by atoms with van der Waals surface area (Å²) in [6.07, 6.45) is 3.22. The van der Waals surface area contributed by atoms with E-state index in [9.17, 15) is 19.2 Å². The van der Waals surface area contributed by atoms with Gasteiger partial charge in [-0.2, -0.15) is 5.26 Å². The van der Waals surface area contributed by atoms with Crippen LogP contribution in [0.25, 0.3) is 11.1 Å². The molecule has 2 aromatic rings. The van der Waals surface area contributed by atoms with Gasteiger partial charge in [-0.25, -0.2) is 9.18 Å². The molecule has 0 aromatic heterocycles. The molecule has 2 aliphatic heterocycles. The van der Waals surface area contributed by atoms with Crippen LogP contribution in [0.3, 0.4) is 0 Å². The van der Waals surface area contributed by atoms with Gasteiger partial charge in [0.05, 0.1) is 17.7 Å². The summed E-state index contributed by atoms with van der Waals surface area (Å²) in [5.41, 5.74) is 2.38. The molecule has 1 amide bonds. The fourth-order valence-corrected chi connectivity index (χ4v) is 5.39. The van der Waals surface area contributed by atoms with E-state index in [1.165, 1.54) is 6.07 Å². The van der Waals surface area contributed by atoms with Crippen molar-refractivity contribution >= 4 is 11.9 Å². The Morgan fingerprint density at radius 1 is 1.27 bits per heavy atom. The Morgan fingerprint density at radius 3 is 2.70 bits per heavy atom. The van der Waals surface area contributed by atoms with Crippen molar-refractivity contribution in [1.82, 2.24) is 10.6 Å². The van der Waals surface area contributed by atoms with Crippen molar-refractivity contribution in [3.05, 3.63) is 58.9 Å². The maximum atomic E-state index is 15.0. The summed E-state index contributed by atoms with van der Waals surface area (Å²) in [6.45, 7) is 3.65. The standard InChI is InChI=1S/C26H26FN3O3/c1-26(2)21-11-14(6-8-20(21)25(32)33-26)15-3-4-16(22(27)12-15)9-19(13-28)30-24(31)23-17-5-7-18(10-17)29-23/h3-4,6,8,11-12,17-19,23,29H,5,7,9-10H2,1-2H3,(H,30,31)/t17?,18?,19-,23?/m0/s1. The quantitative estimate of drug-likeness (QED) is 0.684. The predicted molar refractivity (Wildman–Crippen MR) is 120 cm³/mol. The van der Waals surface area contributed by atoms with Crippen molar-refractivity contribution in [2.45, 2.75) is 63.3 Å². The Bertz CT molecular complexity index is 1190. The Hall–Kier alpha value is -3.24. The number of rotatable bonds is 5. The monoisotopic (exact) mass is 447 g/mol. The Labute approximate surface area is 192 Å². The first kappa shape index (κ1) is 21.6. The van der Waals surface area contributed by atoms with E-state index in [0.717, 1.165) is 30.4 Å². The molecular formula is C26H26FN3O3. The number of carbonyl (C=O) groups excluding carboxylic acids is 2. The third-order valence-corrected chi connectivity index (χ3v) is 7.16. The molecule has 2 aromatic carbocycles. The zero-order chi connectivity index (χ0) is 23.3. The number of esters is 1. The normalized spacial score (nSPS) is 25.3. The Kier molecular flexibility index (Phi) is 5.21. The highest BCUT2D eigenvalue weighted by molar-refractivity contribution is 5.95. The van der Waals surface area contributed by atoms with Crippen LogP contribution >= 0.6 is 0 Å². The van der Waals surface area contributed by atoms with Crippen molar-refractivity contribution in [1.29, 1.82) is 5.26 Å². The van der Waals surface area contributed by atoms with Gasteiger partial charge in [0, 0.05) is 18.0 Å². The summed E-state index contributed by atoms with van der Waals surface area (Å²) in [4.78, 5) is 24.6. The van der Waals surface area contributed by atoms with E-state index < -0.39 is 17.5 Å². The first-order valence-electron chi connectivity index (χ1n) is 11.4. The minimum absolute atomic E-state index is 0.0920. The summed E-state index contributed by atoms with van der Waals surface area (Å²) in [7, 11) is 0. The largest absolute Gasteiger partial charge is 0.451 e. The van der Waals surface area contributed by atoms with Gasteiger partial charge in [0.15, 0.2) is 0 Å². The van der Waals surface area contributed by atoms with Crippen molar-refractivity contribution < 1.29 is 18.7 Å². The van der Waals surface area contributed by atoms with Gasteiger partial charge in [-0.15, -0.1) is 0 Å². The summed E-state index contributed by atoms with van der Waals surface area (Å²) >= 11 is 0. The number of halogens is 1.